The summed E-state index contributed by atoms with van der Waals surface area (Å²) in [6, 6.07) is 2.44. The van der Waals surface area contributed by atoms with E-state index in [1.165, 1.54) is 0 Å². The predicted octanol–water partition coefficient (Wildman–Crippen LogP) is 5.38. The predicted molar refractivity (Wildman–Crippen MR) is 137 cm³/mol. The van der Waals surface area contributed by atoms with Crippen molar-refractivity contribution in [3.05, 3.63) is 22.7 Å². The van der Waals surface area contributed by atoms with Crippen molar-refractivity contribution in [3.8, 4) is 11.3 Å². The van der Waals surface area contributed by atoms with E-state index in [-0.39, 0.29) is 0 Å². The van der Waals surface area contributed by atoms with Crippen LogP contribution in [-0.4, -0.2) is 62.2 Å². The number of rotatable bonds is 10. The number of aromatic nitrogens is 2. The molecule has 4 rings (SSSR count). The summed E-state index contributed by atoms with van der Waals surface area (Å²) >= 11 is 8.11. The van der Waals surface area contributed by atoms with Crippen molar-refractivity contribution in [2.24, 2.45) is 16.8 Å². The van der Waals surface area contributed by atoms with Gasteiger partial charge in [0, 0.05) is 56.3 Å². The van der Waals surface area contributed by atoms with Gasteiger partial charge in [-0.15, -0.1) is 11.3 Å². The van der Waals surface area contributed by atoms with Gasteiger partial charge in [-0.2, -0.15) is 0 Å². The third kappa shape index (κ3) is 7.37. The first-order valence-electron chi connectivity index (χ1n) is 11.9. The van der Waals surface area contributed by atoms with Crippen LogP contribution in [-0.2, 0) is 9.47 Å². The second kappa shape index (κ2) is 12.6. The number of methoxy groups -OCH3 is 1. The van der Waals surface area contributed by atoms with Crippen LogP contribution in [0, 0.1) is 11.8 Å². The zero-order chi connectivity index (χ0) is 22.9. The summed E-state index contributed by atoms with van der Waals surface area (Å²) < 4.78 is 10.5. The maximum absolute atomic E-state index is 6.49. The van der Waals surface area contributed by atoms with Gasteiger partial charge in [0.15, 0.2) is 5.13 Å². The molecule has 1 saturated carbocycles. The summed E-state index contributed by atoms with van der Waals surface area (Å²) in [5.74, 6) is 2.07. The Kier molecular flexibility index (Phi) is 9.35. The van der Waals surface area contributed by atoms with Gasteiger partial charge in [-0.25, -0.2) is 9.97 Å². The summed E-state index contributed by atoms with van der Waals surface area (Å²) in [6.45, 7) is 4.09. The first-order chi connectivity index (χ1) is 16.2. The van der Waals surface area contributed by atoms with E-state index in [1.807, 2.05) is 6.07 Å². The lowest BCUT2D eigenvalue weighted by Gasteiger charge is -2.27. The lowest BCUT2D eigenvalue weighted by atomic mass is 9.87. The maximum Gasteiger partial charge on any atom is 0.183 e. The Hall–Kier alpha value is -1.74. The molecule has 1 aliphatic carbocycles. The number of nitrogens with one attached hydrogen (secondary N) is 2. The Morgan fingerprint density at radius 2 is 2.06 bits per heavy atom. The average molecular weight is 492 g/mol. The summed E-state index contributed by atoms with van der Waals surface area (Å²) in [7, 11) is 1.71. The second-order valence-electron chi connectivity index (χ2n) is 8.83. The van der Waals surface area contributed by atoms with Crippen LogP contribution in [0.25, 0.3) is 11.3 Å². The number of thiazole rings is 1. The minimum absolute atomic E-state index is 0.419. The van der Waals surface area contributed by atoms with Crippen LogP contribution < -0.4 is 10.6 Å². The van der Waals surface area contributed by atoms with Crippen LogP contribution in [0.1, 0.15) is 38.5 Å². The Labute approximate surface area is 205 Å². The number of hydrogen-bond donors (Lipinski definition) is 2. The van der Waals surface area contributed by atoms with Gasteiger partial charge in [0.1, 0.15) is 5.82 Å². The van der Waals surface area contributed by atoms with E-state index in [0.29, 0.717) is 29.5 Å². The molecule has 1 saturated heterocycles. The summed E-state index contributed by atoms with van der Waals surface area (Å²) in [5.41, 5.74) is 1.81. The molecule has 0 spiro atoms. The first kappa shape index (κ1) is 24.4. The molecule has 0 atom stereocenters. The van der Waals surface area contributed by atoms with Gasteiger partial charge in [-0.3, -0.25) is 4.99 Å². The van der Waals surface area contributed by atoms with E-state index in [4.69, 9.17) is 26.1 Å². The minimum Gasteiger partial charge on any atom is -0.383 e. The number of aliphatic imine (C=N–C) groups is 1. The highest BCUT2D eigenvalue weighted by Gasteiger charge is 2.21. The molecular formula is C24H34ClN5O2S. The van der Waals surface area contributed by atoms with Crippen molar-refractivity contribution in [1.82, 2.24) is 9.97 Å². The third-order valence-corrected chi connectivity index (χ3v) is 7.48. The molecule has 2 aliphatic rings. The fourth-order valence-corrected chi connectivity index (χ4v) is 5.28. The number of hydrogen-bond acceptors (Lipinski definition) is 8. The molecule has 2 fully saturated rings. The van der Waals surface area contributed by atoms with Crippen LogP contribution in [0.5, 0.6) is 0 Å². The standard InChI is InChI=1S/C24H34ClN5O2S/c1-31-11-8-26-13-17-2-4-19(5-3-17)29-23-12-20(21(25)15-27-23)22-16-33-24(30-22)28-14-18-6-9-32-10-7-18/h12-13,15-19H,2-11,14H2,1H3,(H,27,29)(H,28,30). The van der Waals surface area contributed by atoms with E-state index < -0.39 is 0 Å². The van der Waals surface area contributed by atoms with E-state index in [9.17, 15) is 0 Å². The summed E-state index contributed by atoms with van der Waals surface area (Å²) in [4.78, 5) is 13.8. The van der Waals surface area contributed by atoms with E-state index in [1.54, 1.807) is 24.6 Å². The zero-order valence-electron chi connectivity index (χ0n) is 19.3. The lowest BCUT2D eigenvalue weighted by molar-refractivity contribution is 0.0699. The highest BCUT2D eigenvalue weighted by molar-refractivity contribution is 7.14. The maximum atomic E-state index is 6.49. The molecule has 7 nitrogen and oxygen atoms in total. The number of nitrogens with zero attached hydrogens (tertiary/aromatic N) is 3. The van der Waals surface area contributed by atoms with Crippen LogP contribution in [0.4, 0.5) is 10.9 Å². The van der Waals surface area contributed by atoms with Crippen molar-refractivity contribution in [2.75, 3.05) is 50.7 Å². The third-order valence-electron chi connectivity index (χ3n) is 6.38. The topological polar surface area (TPSA) is 80.7 Å². The van der Waals surface area contributed by atoms with Crippen LogP contribution in [0.15, 0.2) is 22.6 Å². The van der Waals surface area contributed by atoms with Gasteiger partial charge in [0.25, 0.3) is 0 Å². The second-order valence-corrected chi connectivity index (χ2v) is 10.1. The van der Waals surface area contributed by atoms with E-state index >= 15 is 0 Å². The van der Waals surface area contributed by atoms with E-state index in [0.717, 1.165) is 87.0 Å². The van der Waals surface area contributed by atoms with Gasteiger partial charge < -0.3 is 20.1 Å². The fraction of sp³-hybridized carbons (Fsp3) is 0.625. The number of anilines is 2. The van der Waals surface area contributed by atoms with Gasteiger partial charge >= 0.3 is 0 Å². The summed E-state index contributed by atoms with van der Waals surface area (Å²) in [5, 5.41) is 10.7. The molecule has 3 heterocycles. The quantitative estimate of drug-likeness (QED) is 0.343. The van der Waals surface area contributed by atoms with E-state index in [2.05, 4.69) is 32.2 Å². The van der Waals surface area contributed by atoms with Crippen molar-refractivity contribution < 1.29 is 9.47 Å². The minimum atomic E-state index is 0.419. The smallest absolute Gasteiger partial charge is 0.183 e. The van der Waals surface area contributed by atoms with Crippen molar-refractivity contribution in [1.29, 1.82) is 0 Å². The van der Waals surface area contributed by atoms with Gasteiger partial charge in [-0.05, 0) is 56.4 Å². The molecule has 2 N–H and O–H groups in total. The Morgan fingerprint density at radius 3 is 2.85 bits per heavy atom. The van der Waals surface area contributed by atoms with Crippen molar-refractivity contribution >= 4 is 40.1 Å². The monoisotopic (exact) mass is 491 g/mol. The molecule has 0 amide bonds. The van der Waals surface area contributed by atoms with Crippen molar-refractivity contribution in [3.63, 3.8) is 0 Å². The molecule has 0 unspecified atom stereocenters. The van der Waals surface area contributed by atoms with Gasteiger partial charge in [0.05, 0.1) is 23.9 Å². The highest BCUT2D eigenvalue weighted by atomic mass is 35.5. The molecule has 1 aliphatic heterocycles. The zero-order valence-corrected chi connectivity index (χ0v) is 20.8. The molecule has 180 valence electrons. The number of pyridine rings is 1. The normalized spacial score (nSPS) is 22.0. The van der Waals surface area contributed by atoms with Gasteiger partial charge in [0.2, 0.25) is 0 Å². The number of halogens is 1. The molecule has 9 heteroatoms. The Bertz CT molecular complexity index is 895. The molecule has 0 bridgehead atoms. The van der Waals surface area contributed by atoms with Crippen LogP contribution in [0.2, 0.25) is 5.02 Å². The SMILES string of the molecule is COCCN=CC1CCC(Nc2cc(-c3csc(NCC4CCOCC4)n3)c(Cl)cn2)CC1. The van der Waals surface area contributed by atoms with Gasteiger partial charge in [-0.1, -0.05) is 11.6 Å². The molecular weight excluding hydrogens is 458 g/mol. The Morgan fingerprint density at radius 1 is 1.24 bits per heavy atom. The average Bonchev–Trinajstić information content (AvgIpc) is 3.32. The lowest BCUT2D eigenvalue weighted by Crippen LogP contribution is -2.27. The van der Waals surface area contributed by atoms with Crippen molar-refractivity contribution in [2.45, 2.75) is 44.6 Å². The molecule has 0 radical (unpaired) electrons. The first-order valence-corrected chi connectivity index (χ1v) is 13.2. The Balaban J connectivity index is 1.30. The molecule has 2 aromatic heterocycles. The molecule has 0 aromatic carbocycles. The molecule has 2 aromatic rings. The largest absolute Gasteiger partial charge is 0.383 e. The number of ether oxygens (including phenoxy) is 2. The fourth-order valence-electron chi connectivity index (χ4n) is 4.36. The highest BCUT2D eigenvalue weighted by Crippen LogP contribution is 2.33. The summed E-state index contributed by atoms with van der Waals surface area (Å²) in [6.07, 6.45) is 10.6. The molecule has 33 heavy (non-hydrogen) atoms. The van der Waals surface area contributed by atoms with Crippen LogP contribution in [0.3, 0.4) is 0 Å². The van der Waals surface area contributed by atoms with Crippen LogP contribution >= 0.6 is 22.9 Å².